The lowest BCUT2D eigenvalue weighted by molar-refractivity contribution is -0.138. The molecule has 2 rings (SSSR count). The number of nitrogens with zero attached hydrogens (tertiary/aromatic N) is 4. The van der Waals surface area contributed by atoms with E-state index in [0.717, 1.165) is 38.0 Å². The van der Waals surface area contributed by atoms with Crippen molar-refractivity contribution in [1.29, 1.82) is 0 Å². The third-order valence-electron chi connectivity index (χ3n) is 3.87. The van der Waals surface area contributed by atoms with Crippen molar-refractivity contribution in [2.75, 3.05) is 32.7 Å². The molecule has 0 bridgehead atoms. The van der Waals surface area contributed by atoms with E-state index >= 15 is 0 Å². The molecule has 0 aliphatic carbocycles. The first-order valence-electron chi connectivity index (χ1n) is 7.92. The number of nitrogens with two attached hydrogens (primary N) is 1. The first-order chi connectivity index (χ1) is 10.6. The van der Waals surface area contributed by atoms with E-state index in [1.54, 1.807) is 18.0 Å². The summed E-state index contributed by atoms with van der Waals surface area (Å²) >= 11 is 0. The molecule has 1 aromatic rings. The molecule has 0 aromatic carbocycles. The van der Waals surface area contributed by atoms with Crippen molar-refractivity contribution in [3.63, 3.8) is 0 Å². The van der Waals surface area contributed by atoms with Gasteiger partial charge < -0.3 is 33.5 Å². The molecule has 0 radical (unpaired) electrons. The van der Waals surface area contributed by atoms with E-state index in [2.05, 4.69) is 15.6 Å². The fourth-order valence-corrected chi connectivity index (χ4v) is 2.63. The maximum Gasteiger partial charge on any atom is 0.250 e. The molecule has 4 N–H and O–H groups in total. The summed E-state index contributed by atoms with van der Waals surface area (Å²) < 4.78 is 1.49. The van der Waals surface area contributed by atoms with E-state index in [1.165, 1.54) is 4.68 Å². The van der Waals surface area contributed by atoms with Gasteiger partial charge in [-0.15, -0.1) is 5.10 Å². The van der Waals surface area contributed by atoms with Gasteiger partial charge in [0.2, 0.25) is 5.91 Å². The fourth-order valence-electron chi connectivity index (χ4n) is 2.63. The van der Waals surface area contributed by atoms with Gasteiger partial charge in [0.15, 0.2) is 6.04 Å². The predicted octanol–water partition coefficient (Wildman–Crippen LogP) is -4.08. The Balaban J connectivity index is 0.00000264. The van der Waals surface area contributed by atoms with Crippen molar-refractivity contribution in [1.82, 2.24) is 25.2 Å². The number of carbonyl (C=O) groups excluding carboxylic acids is 1. The highest BCUT2D eigenvalue weighted by Crippen LogP contribution is 2.16. The molecule has 9 heteroatoms. The van der Waals surface area contributed by atoms with Gasteiger partial charge in [0, 0.05) is 32.4 Å². The summed E-state index contributed by atoms with van der Waals surface area (Å²) in [6, 6.07) is -0.714. The van der Waals surface area contributed by atoms with Gasteiger partial charge in [-0.2, -0.15) is 0 Å². The van der Waals surface area contributed by atoms with E-state index < -0.39 is 12.1 Å². The van der Waals surface area contributed by atoms with Crippen molar-refractivity contribution in [2.24, 2.45) is 5.73 Å². The molecule has 1 amide bonds. The molecular formula is C14H26ClN6O2-. The minimum Gasteiger partial charge on any atom is -1.00 e. The van der Waals surface area contributed by atoms with Gasteiger partial charge in [0.25, 0.3) is 0 Å². The Bertz CT molecular complexity index is 476. The average Bonchev–Trinajstić information content (AvgIpc) is 2.96. The quantitative estimate of drug-likeness (QED) is 0.434. The maximum atomic E-state index is 12.6. The van der Waals surface area contributed by atoms with Crippen LogP contribution in [0.1, 0.15) is 31.5 Å². The average molecular weight is 346 g/mol. The molecule has 0 spiro atoms. The van der Waals surface area contributed by atoms with Crippen molar-refractivity contribution < 1.29 is 22.3 Å². The Morgan fingerprint density at radius 3 is 2.74 bits per heavy atom. The number of aryl methyl sites for hydroxylation is 1. The number of aliphatic hydroxyl groups excluding tert-OH is 1. The van der Waals surface area contributed by atoms with Crippen LogP contribution in [-0.2, 0) is 11.2 Å². The smallest absolute Gasteiger partial charge is 0.250 e. The van der Waals surface area contributed by atoms with Crippen molar-refractivity contribution >= 4 is 5.91 Å². The van der Waals surface area contributed by atoms with E-state index in [4.69, 9.17) is 5.73 Å². The van der Waals surface area contributed by atoms with Crippen LogP contribution in [0.25, 0.3) is 0 Å². The van der Waals surface area contributed by atoms with Gasteiger partial charge in [-0.25, -0.2) is 4.68 Å². The number of unbranched alkanes of at least 4 members (excludes halogenated alkanes) is 1. The lowest BCUT2D eigenvalue weighted by atomic mass is 10.1. The van der Waals surface area contributed by atoms with Crippen LogP contribution < -0.4 is 23.5 Å². The van der Waals surface area contributed by atoms with Gasteiger partial charge in [0.1, 0.15) is 0 Å². The number of rotatable bonds is 7. The number of aromatic nitrogens is 3. The number of piperazine rings is 1. The SMILES string of the molecule is CC(O)[C@@H](C(=O)N1CCNCC1)n1cc(CCCCN)nn1.[Cl-]. The zero-order valence-corrected chi connectivity index (χ0v) is 14.2. The molecule has 1 unspecified atom stereocenters. The number of carbonyl (C=O) groups is 1. The summed E-state index contributed by atoms with van der Waals surface area (Å²) in [6.07, 6.45) is 3.60. The lowest BCUT2D eigenvalue weighted by Gasteiger charge is -2.31. The van der Waals surface area contributed by atoms with Gasteiger partial charge in [0.05, 0.1) is 11.8 Å². The Morgan fingerprint density at radius 2 is 2.13 bits per heavy atom. The van der Waals surface area contributed by atoms with Crippen molar-refractivity contribution in [2.45, 2.75) is 38.3 Å². The second kappa shape index (κ2) is 9.82. The second-order valence-electron chi connectivity index (χ2n) is 5.70. The monoisotopic (exact) mass is 345 g/mol. The second-order valence-corrected chi connectivity index (χ2v) is 5.70. The minimum absolute atomic E-state index is 0. The number of hydrogen-bond donors (Lipinski definition) is 3. The number of hydrogen-bond acceptors (Lipinski definition) is 6. The van der Waals surface area contributed by atoms with Gasteiger partial charge in [-0.3, -0.25) is 4.79 Å². The van der Waals surface area contributed by atoms with Crippen LogP contribution in [0.3, 0.4) is 0 Å². The normalized spacial score (nSPS) is 17.4. The lowest BCUT2D eigenvalue weighted by Crippen LogP contribution is -3.00. The highest BCUT2D eigenvalue weighted by atomic mass is 35.5. The van der Waals surface area contributed by atoms with Gasteiger partial charge in [-0.05, 0) is 32.7 Å². The van der Waals surface area contributed by atoms with E-state index in [0.29, 0.717) is 19.6 Å². The summed E-state index contributed by atoms with van der Waals surface area (Å²) in [6.45, 7) is 5.13. The molecule has 1 aliphatic rings. The molecule has 8 nitrogen and oxygen atoms in total. The highest BCUT2D eigenvalue weighted by molar-refractivity contribution is 5.81. The first-order valence-corrected chi connectivity index (χ1v) is 7.92. The number of aliphatic hydroxyl groups is 1. The number of amides is 1. The van der Waals surface area contributed by atoms with Gasteiger partial charge in [-0.1, -0.05) is 5.21 Å². The number of halogens is 1. The predicted molar refractivity (Wildman–Crippen MR) is 82.2 cm³/mol. The largest absolute Gasteiger partial charge is 1.00 e. The van der Waals surface area contributed by atoms with Crippen molar-refractivity contribution in [3.05, 3.63) is 11.9 Å². The first kappa shape index (κ1) is 19.8. The standard InChI is InChI=1S/C14H26N6O2.ClH/c1-11(21)13(14(22)19-8-6-16-7-9-19)20-10-12(17-18-20)4-2-3-5-15;/h10-11,13,16,21H,2-9,15H2,1H3;1H/p-1/t11?,13-;/m0./s1. The molecule has 1 saturated heterocycles. The Labute approximate surface area is 142 Å². The van der Waals surface area contributed by atoms with Crippen LogP contribution >= 0.6 is 0 Å². The summed E-state index contributed by atoms with van der Waals surface area (Å²) in [5.74, 6) is -0.102. The number of nitrogens with one attached hydrogen (secondary N) is 1. The van der Waals surface area contributed by atoms with Crippen LogP contribution in [0, 0.1) is 0 Å². The molecule has 0 saturated carbocycles. The summed E-state index contributed by atoms with van der Waals surface area (Å²) in [5.41, 5.74) is 6.30. The highest BCUT2D eigenvalue weighted by Gasteiger charge is 2.31. The fraction of sp³-hybridized carbons (Fsp3) is 0.786. The van der Waals surface area contributed by atoms with Crippen LogP contribution in [-0.4, -0.2) is 69.7 Å². The summed E-state index contributed by atoms with van der Waals surface area (Å²) in [4.78, 5) is 14.4. The Hall–Kier alpha value is -1.22. The topological polar surface area (TPSA) is 109 Å². The molecule has 1 fully saturated rings. The van der Waals surface area contributed by atoms with E-state index in [1.807, 2.05) is 0 Å². The van der Waals surface area contributed by atoms with E-state index in [9.17, 15) is 9.90 Å². The van der Waals surface area contributed by atoms with Crippen LogP contribution in [0.5, 0.6) is 0 Å². The van der Waals surface area contributed by atoms with E-state index in [-0.39, 0.29) is 18.3 Å². The van der Waals surface area contributed by atoms with Crippen LogP contribution in [0.2, 0.25) is 0 Å². The zero-order valence-electron chi connectivity index (χ0n) is 13.5. The Morgan fingerprint density at radius 1 is 1.43 bits per heavy atom. The third-order valence-corrected chi connectivity index (χ3v) is 3.87. The van der Waals surface area contributed by atoms with Crippen LogP contribution in [0.15, 0.2) is 6.20 Å². The molecule has 2 heterocycles. The van der Waals surface area contributed by atoms with Crippen molar-refractivity contribution in [3.8, 4) is 0 Å². The maximum absolute atomic E-state index is 12.6. The molecular weight excluding hydrogens is 320 g/mol. The minimum atomic E-state index is -0.819. The van der Waals surface area contributed by atoms with Crippen LogP contribution in [0.4, 0.5) is 0 Å². The molecule has 1 aromatic heterocycles. The Kier molecular flexibility index (Phi) is 8.46. The third kappa shape index (κ3) is 5.42. The molecule has 23 heavy (non-hydrogen) atoms. The molecule has 132 valence electrons. The van der Waals surface area contributed by atoms with Gasteiger partial charge >= 0.3 is 0 Å². The molecule has 2 atom stereocenters. The summed E-state index contributed by atoms with van der Waals surface area (Å²) in [7, 11) is 0. The molecule has 1 aliphatic heterocycles. The zero-order chi connectivity index (χ0) is 15.9. The summed E-state index contributed by atoms with van der Waals surface area (Å²) in [5, 5.41) is 21.4.